The first-order valence-corrected chi connectivity index (χ1v) is 7.70. The fraction of sp³-hybridized carbons (Fsp3) is 0.294. The Morgan fingerprint density at radius 3 is 2.52 bits per heavy atom. The molecule has 0 saturated carbocycles. The molecular weight excluding hydrogens is 333 g/mol. The molecule has 0 heterocycles. The molecule has 0 spiro atoms. The van der Waals surface area contributed by atoms with Gasteiger partial charge < -0.3 is 10.1 Å². The molecular formula is C17H19BrFNO. The van der Waals surface area contributed by atoms with Crippen molar-refractivity contribution in [2.24, 2.45) is 0 Å². The van der Waals surface area contributed by atoms with E-state index in [0.717, 1.165) is 28.8 Å². The molecule has 0 aromatic heterocycles. The maximum Gasteiger partial charge on any atom is 0.124 e. The van der Waals surface area contributed by atoms with E-state index in [1.54, 1.807) is 7.11 Å². The Morgan fingerprint density at radius 2 is 1.90 bits per heavy atom. The zero-order valence-corrected chi connectivity index (χ0v) is 13.8. The lowest BCUT2D eigenvalue weighted by molar-refractivity contribution is 0.414. The molecule has 0 bridgehead atoms. The number of hydrogen-bond acceptors (Lipinski definition) is 2. The molecule has 0 saturated heterocycles. The summed E-state index contributed by atoms with van der Waals surface area (Å²) in [6.07, 6.45) is 0.938. The van der Waals surface area contributed by atoms with Crippen LogP contribution in [0.2, 0.25) is 0 Å². The van der Waals surface area contributed by atoms with Crippen LogP contribution in [0.15, 0.2) is 46.9 Å². The van der Waals surface area contributed by atoms with Gasteiger partial charge in [0.05, 0.1) is 7.11 Å². The van der Waals surface area contributed by atoms with Gasteiger partial charge in [0.1, 0.15) is 11.6 Å². The van der Waals surface area contributed by atoms with Gasteiger partial charge in [-0.25, -0.2) is 4.39 Å². The monoisotopic (exact) mass is 351 g/mol. The third-order valence-corrected chi connectivity index (χ3v) is 4.14. The Hall–Kier alpha value is -1.39. The van der Waals surface area contributed by atoms with Crippen molar-refractivity contribution >= 4 is 15.9 Å². The predicted octanol–water partition coefficient (Wildman–Crippen LogP) is 4.49. The average Bonchev–Trinajstić information content (AvgIpc) is 2.47. The Bertz CT molecular complexity index is 586. The standard InChI is InChI=1S/C17H19BrFNO/c1-12(16-8-5-14(19)11-17(16)18)20-10-9-13-3-6-15(21-2)7-4-13/h3-8,11-12,20H,9-10H2,1-2H3. The minimum absolute atomic E-state index is 0.165. The number of hydrogen-bond donors (Lipinski definition) is 1. The second-order valence-electron chi connectivity index (χ2n) is 4.94. The number of ether oxygens (including phenoxy) is 1. The lowest BCUT2D eigenvalue weighted by atomic mass is 10.1. The molecule has 21 heavy (non-hydrogen) atoms. The Balaban J connectivity index is 1.87. The normalized spacial score (nSPS) is 12.2. The van der Waals surface area contributed by atoms with Gasteiger partial charge in [0.25, 0.3) is 0 Å². The van der Waals surface area contributed by atoms with Crippen molar-refractivity contribution in [1.29, 1.82) is 0 Å². The second kappa shape index (κ2) is 7.57. The molecule has 0 aliphatic heterocycles. The van der Waals surface area contributed by atoms with Gasteiger partial charge in [-0.3, -0.25) is 0 Å². The molecule has 2 aromatic carbocycles. The fourth-order valence-electron chi connectivity index (χ4n) is 2.19. The van der Waals surface area contributed by atoms with Crippen LogP contribution < -0.4 is 10.1 Å². The zero-order valence-electron chi connectivity index (χ0n) is 12.2. The summed E-state index contributed by atoms with van der Waals surface area (Å²) in [6, 6.07) is 13.0. The molecule has 1 N–H and O–H groups in total. The van der Waals surface area contributed by atoms with Crippen LogP contribution in [-0.2, 0) is 6.42 Å². The molecule has 2 nitrogen and oxygen atoms in total. The number of methoxy groups -OCH3 is 1. The quantitative estimate of drug-likeness (QED) is 0.827. The first-order valence-electron chi connectivity index (χ1n) is 6.91. The highest BCUT2D eigenvalue weighted by Crippen LogP contribution is 2.24. The fourth-order valence-corrected chi connectivity index (χ4v) is 2.88. The summed E-state index contributed by atoms with van der Waals surface area (Å²) in [4.78, 5) is 0. The summed E-state index contributed by atoms with van der Waals surface area (Å²) in [5.74, 6) is 0.645. The topological polar surface area (TPSA) is 21.3 Å². The molecule has 2 rings (SSSR count). The van der Waals surface area contributed by atoms with Crippen molar-refractivity contribution in [3.05, 3.63) is 63.9 Å². The molecule has 2 aromatic rings. The highest BCUT2D eigenvalue weighted by atomic mass is 79.9. The first kappa shape index (κ1) is 16.0. The van der Waals surface area contributed by atoms with E-state index in [1.165, 1.54) is 17.7 Å². The van der Waals surface area contributed by atoms with Gasteiger partial charge in [-0.1, -0.05) is 34.1 Å². The van der Waals surface area contributed by atoms with E-state index in [-0.39, 0.29) is 11.9 Å². The Labute approximate surface area is 133 Å². The molecule has 112 valence electrons. The molecule has 0 aliphatic rings. The smallest absolute Gasteiger partial charge is 0.124 e. The molecule has 0 aliphatic carbocycles. The zero-order chi connectivity index (χ0) is 15.2. The van der Waals surface area contributed by atoms with Crippen LogP contribution in [0, 0.1) is 5.82 Å². The minimum atomic E-state index is -0.226. The number of halogens is 2. The van der Waals surface area contributed by atoms with Crippen molar-refractivity contribution < 1.29 is 9.13 Å². The first-order chi connectivity index (χ1) is 10.1. The molecule has 0 amide bonds. The highest BCUT2D eigenvalue weighted by molar-refractivity contribution is 9.10. The minimum Gasteiger partial charge on any atom is -0.497 e. The van der Waals surface area contributed by atoms with Crippen LogP contribution in [0.5, 0.6) is 5.75 Å². The average molecular weight is 352 g/mol. The Morgan fingerprint density at radius 1 is 1.19 bits per heavy atom. The molecule has 1 unspecified atom stereocenters. The third kappa shape index (κ3) is 4.55. The van der Waals surface area contributed by atoms with Gasteiger partial charge >= 0.3 is 0 Å². The molecule has 0 radical (unpaired) electrons. The van der Waals surface area contributed by atoms with Crippen molar-refractivity contribution in [3.63, 3.8) is 0 Å². The maximum absolute atomic E-state index is 13.1. The number of rotatable bonds is 6. The van der Waals surface area contributed by atoms with Crippen LogP contribution in [-0.4, -0.2) is 13.7 Å². The van der Waals surface area contributed by atoms with E-state index in [0.29, 0.717) is 0 Å². The SMILES string of the molecule is COc1ccc(CCNC(C)c2ccc(F)cc2Br)cc1. The van der Waals surface area contributed by atoms with Crippen LogP contribution >= 0.6 is 15.9 Å². The van der Waals surface area contributed by atoms with E-state index >= 15 is 0 Å². The van der Waals surface area contributed by atoms with Gasteiger partial charge in [-0.2, -0.15) is 0 Å². The summed E-state index contributed by atoms with van der Waals surface area (Å²) >= 11 is 3.41. The second-order valence-corrected chi connectivity index (χ2v) is 5.79. The predicted molar refractivity (Wildman–Crippen MR) is 87.2 cm³/mol. The van der Waals surface area contributed by atoms with Crippen molar-refractivity contribution in [2.75, 3.05) is 13.7 Å². The molecule has 1 atom stereocenters. The van der Waals surface area contributed by atoms with Gasteiger partial charge in [0, 0.05) is 10.5 Å². The lowest BCUT2D eigenvalue weighted by Gasteiger charge is -2.16. The summed E-state index contributed by atoms with van der Waals surface area (Å²) < 4.78 is 19.0. The number of nitrogens with one attached hydrogen (secondary N) is 1. The van der Waals surface area contributed by atoms with Crippen LogP contribution in [0.3, 0.4) is 0 Å². The van der Waals surface area contributed by atoms with Gasteiger partial charge in [0.15, 0.2) is 0 Å². The largest absolute Gasteiger partial charge is 0.497 e. The van der Waals surface area contributed by atoms with Gasteiger partial charge in [0.2, 0.25) is 0 Å². The van der Waals surface area contributed by atoms with E-state index in [1.807, 2.05) is 18.2 Å². The van der Waals surface area contributed by atoms with Gasteiger partial charge in [-0.15, -0.1) is 0 Å². The van der Waals surface area contributed by atoms with Crippen LogP contribution in [0.4, 0.5) is 4.39 Å². The van der Waals surface area contributed by atoms with E-state index in [9.17, 15) is 4.39 Å². The van der Waals surface area contributed by atoms with Crippen molar-refractivity contribution in [1.82, 2.24) is 5.32 Å². The summed E-state index contributed by atoms with van der Waals surface area (Å²) in [5, 5.41) is 3.45. The number of benzene rings is 2. The summed E-state index contributed by atoms with van der Waals surface area (Å²) in [5.41, 5.74) is 2.32. The summed E-state index contributed by atoms with van der Waals surface area (Å²) in [7, 11) is 1.67. The van der Waals surface area contributed by atoms with Crippen molar-refractivity contribution in [2.45, 2.75) is 19.4 Å². The van der Waals surface area contributed by atoms with Crippen molar-refractivity contribution in [3.8, 4) is 5.75 Å². The molecule has 4 heteroatoms. The summed E-state index contributed by atoms with van der Waals surface area (Å²) in [6.45, 7) is 2.93. The van der Waals surface area contributed by atoms with Crippen LogP contribution in [0.25, 0.3) is 0 Å². The third-order valence-electron chi connectivity index (χ3n) is 3.45. The molecule has 0 fully saturated rings. The van der Waals surface area contributed by atoms with E-state index in [4.69, 9.17) is 4.74 Å². The highest BCUT2D eigenvalue weighted by Gasteiger charge is 2.09. The Kier molecular flexibility index (Phi) is 5.76. The maximum atomic E-state index is 13.1. The van der Waals surface area contributed by atoms with Gasteiger partial charge in [-0.05, 0) is 55.3 Å². The van der Waals surface area contributed by atoms with E-state index in [2.05, 4.69) is 40.3 Å². The van der Waals surface area contributed by atoms with E-state index < -0.39 is 0 Å². The van der Waals surface area contributed by atoms with Crippen LogP contribution in [0.1, 0.15) is 24.1 Å². The lowest BCUT2D eigenvalue weighted by Crippen LogP contribution is -2.21.